The highest BCUT2D eigenvalue weighted by Crippen LogP contribution is 2.39. The fourth-order valence-corrected chi connectivity index (χ4v) is 4.40. The van der Waals surface area contributed by atoms with Crippen LogP contribution in [-0.2, 0) is 22.6 Å². The Hall–Kier alpha value is -2.75. The van der Waals surface area contributed by atoms with Gasteiger partial charge in [0, 0.05) is 0 Å². The van der Waals surface area contributed by atoms with Crippen molar-refractivity contribution < 1.29 is 14.3 Å². The highest BCUT2D eigenvalue weighted by molar-refractivity contribution is 6.43. The number of hydrogen-bond acceptors (Lipinski definition) is 3. The minimum atomic E-state index is -0.346. The third kappa shape index (κ3) is 5.01. The Morgan fingerprint density at radius 2 is 1.72 bits per heavy atom. The zero-order chi connectivity index (χ0) is 22.7. The molecule has 164 valence electrons. The largest absolute Gasteiger partial charge is 0.460 e. The molecule has 0 radical (unpaired) electrons. The molecule has 0 bridgehead atoms. The molecular formula is C27H24Cl2O3. The van der Waals surface area contributed by atoms with Gasteiger partial charge in [0.15, 0.2) is 0 Å². The van der Waals surface area contributed by atoms with E-state index >= 15 is 0 Å². The average Bonchev–Trinajstić information content (AvgIpc) is 3.20. The van der Waals surface area contributed by atoms with Crippen LogP contribution in [0.15, 0.2) is 72.3 Å². The summed E-state index contributed by atoms with van der Waals surface area (Å²) in [4.78, 5) is 13.1. The van der Waals surface area contributed by atoms with Crippen molar-refractivity contribution in [3.05, 3.63) is 99.0 Å². The van der Waals surface area contributed by atoms with Gasteiger partial charge in [-0.1, -0.05) is 85.1 Å². The van der Waals surface area contributed by atoms with Crippen molar-refractivity contribution in [3.8, 4) is 11.5 Å². The van der Waals surface area contributed by atoms with Crippen molar-refractivity contribution in [2.24, 2.45) is 11.8 Å². The smallest absolute Gasteiger partial charge is 0.313 e. The summed E-state index contributed by atoms with van der Waals surface area (Å²) in [5.74, 6) is 0.959. The summed E-state index contributed by atoms with van der Waals surface area (Å²) in [7, 11) is 0. The standard InChI is InChI=1S/C27H24Cl2O3/c1-17(2)25(20-14-19-11-12-24(28)26(29)23(19)15-20)27(30)31-16-18-7-6-10-22(13-18)32-21-8-4-3-5-9-21/h3-13,15,17,25H,14,16H2,1-2H3. The number of fused-ring (bicyclic) bond motifs is 1. The summed E-state index contributed by atoms with van der Waals surface area (Å²) in [6, 6.07) is 20.9. The first-order chi connectivity index (χ1) is 15.4. The van der Waals surface area contributed by atoms with Crippen LogP contribution in [0.2, 0.25) is 10.0 Å². The fourth-order valence-electron chi connectivity index (χ4n) is 3.99. The number of benzene rings is 3. The van der Waals surface area contributed by atoms with E-state index in [0.29, 0.717) is 22.2 Å². The van der Waals surface area contributed by atoms with E-state index in [4.69, 9.17) is 32.7 Å². The Morgan fingerprint density at radius 1 is 0.969 bits per heavy atom. The molecule has 0 amide bonds. The van der Waals surface area contributed by atoms with Crippen LogP contribution >= 0.6 is 23.2 Å². The molecule has 0 saturated carbocycles. The SMILES string of the molecule is CC(C)C(C(=O)OCc1cccc(Oc2ccccc2)c1)C1=Cc2c(ccc(Cl)c2Cl)C1. The lowest BCUT2D eigenvalue weighted by atomic mass is 9.87. The van der Waals surface area contributed by atoms with Crippen LogP contribution in [-0.4, -0.2) is 5.97 Å². The molecule has 0 aromatic heterocycles. The predicted molar refractivity (Wildman–Crippen MR) is 129 cm³/mol. The average molecular weight is 467 g/mol. The highest BCUT2D eigenvalue weighted by Gasteiger charge is 2.31. The lowest BCUT2D eigenvalue weighted by molar-refractivity contribution is -0.149. The quantitative estimate of drug-likeness (QED) is 0.334. The van der Waals surface area contributed by atoms with Gasteiger partial charge in [-0.25, -0.2) is 0 Å². The van der Waals surface area contributed by atoms with Crippen molar-refractivity contribution in [1.82, 2.24) is 0 Å². The van der Waals surface area contributed by atoms with E-state index in [1.165, 1.54) is 0 Å². The van der Waals surface area contributed by atoms with Crippen LogP contribution in [0, 0.1) is 11.8 Å². The van der Waals surface area contributed by atoms with E-state index in [9.17, 15) is 4.79 Å². The highest BCUT2D eigenvalue weighted by atomic mass is 35.5. The van der Waals surface area contributed by atoms with E-state index in [0.717, 1.165) is 28.0 Å². The summed E-state index contributed by atoms with van der Waals surface area (Å²) >= 11 is 12.5. The minimum Gasteiger partial charge on any atom is -0.460 e. The number of carbonyl (C=O) groups excluding carboxylic acids is 1. The molecule has 1 aliphatic carbocycles. The summed E-state index contributed by atoms with van der Waals surface area (Å²) < 4.78 is 11.6. The Kier molecular flexibility index (Phi) is 6.88. The number of para-hydroxylation sites is 1. The van der Waals surface area contributed by atoms with E-state index in [-0.39, 0.29) is 24.4 Å². The monoisotopic (exact) mass is 466 g/mol. The molecule has 3 nitrogen and oxygen atoms in total. The van der Waals surface area contributed by atoms with E-state index in [1.807, 2.05) is 80.6 Å². The molecule has 1 atom stereocenters. The lowest BCUT2D eigenvalue weighted by Crippen LogP contribution is -2.25. The van der Waals surface area contributed by atoms with Crippen molar-refractivity contribution in [1.29, 1.82) is 0 Å². The number of esters is 1. The summed E-state index contributed by atoms with van der Waals surface area (Å²) in [5.41, 5.74) is 3.86. The maximum absolute atomic E-state index is 13.1. The van der Waals surface area contributed by atoms with E-state index in [1.54, 1.807) is 6.07 Å². The molecule has 3 aromatic rings. The zero-order valence-corrected chi connectivity index (χ0v) is 19.5. The molecule has 32 heavy (non-hydrogen) atoms. The first-order valence-corrected chi connectivity index (χ1v) is 11.3. The molecule has 0 heterocycles. The molecule has 0 saturated heterocycles. The second-order valence-electron chi connectivity index (χ2n) is 8.22. The van der Waals surface area contributed by atoms with Crippen LogP contribution in [0.25, 0.3) is 6.08 Å². The summed E-state index contributed by atoms with van der Waals surface area (Å²) in [5, 5.41) is 1.05. The molecule has 4 rings (SSSR count). The predicted octanol–water partition coefficient (Wildman–Crippen LogP) is 7.74. The topological polar surface area (TPSA) is 35.5 Å². The van der Waals surface area contributed by atoms with Gasteiger partial charge >= 0.3 is 5.97 Å². The van der Waals surface area contributed by atoms with Crippen LogP contribution in [0.1, 0.15) is 30.5 Å². The minimum absolute atomic E-state index is 0.0880. The second-order valence-corrected chi connectivity index (χ2v) is 9.01. The number of hydrogen-bond donors (Lipinski definition) is 0. The van der Waals surface area contributed by atoms with Crippen LogP contribution in [0.3, 0.4) is 0 Å². The molecule has 0 aliphatic heterocycles. The third-order valence-electron chi connectivity index (χ3n) is 5.53. The molecule has 0 N–H and O–H groups in total. The number of rotatable bonds is 7. The van der Waals surface area contributed by atoms with Gasteiger partial charge in [-0.05, 0) is 59.4 Å². The third-order valence-corrected chi connectivity index (χ3v) is 6.34. The van der Waals surface area contributed by atoms with Gasteiger partial charge in [-0.15, -0.1) is 0 Å². The van der Waals surface area contributed by atoms with Gasteiger partial charge in [0.25, 0.3) is 0 Å². The van der Waals surface area contributed by atoms with Crippen molar-refractivity contribution in [3.63, 3.8) is 0 Å². The van der Waals surface area contributed by atoms with Crippen LogP contribution in [0.5, 0.6) is 11.5 Å². The molecule has 1 aliphatic rings. The Morgan fingerprint density at radius 3 is 2.47 bits per heavy atom. The summed E-state index contributed by atoms with van der Waals surface area (Å²) in [6.07, 6.45) is 2.66. The zero-order valence-electron chi connectivity index (χ0n) is 18.0. The Balaban J connectivity index is 1.45. The van der Waals surface area contributed by atoms with Crippen molar-refractivity contribution in [2.45, 2.75) is 26.9 Å². The van der Waals surface area contributed by atoms with Gasteiger partial charge < -0.3 is 9.47 Å². The molecule has 3 aromatic carbocycles. The first kappa shape index (κ1) is 22.4. The number of ether oxygens (including phenoxy) is 2. The normalized spacial score (nSPS) is 13.5. The first-order valence-electron chi connectivity index (χ1n) is 10.6. The van der Waals surface area contributed by atoms with E-state index in [2.05, 4.69) is 0 Å². The molecule has 5 heteroatoms. The maximum atomic E-state index is 13.1. The molecule has 0 fully saturated rings. The summed E-state index contributed by atoms with van der Waals surface area (Å²) in [6.45, 7) is 4.23. The fraction of sp³-hybridized carbons (Fsp3) is 0.222. The molecular weight excluding hydrogens is 443 g/mol. The van der Waals surface area contributed by atoms with Gasteiger partial charge in [-0.3, -0.25) is 4.79 Å². The van der Waals surface area contributed by atoms with Gasteiger partial charge in [0.1, 0.15) is 18.1 Å². The number of carbonyl (C=O) groups is 1. The molecule has 1 unspecified atom stereocenters. The van der Waals surface area contributed by atoms with Crippen LogP contribution in [0.4, 0.5) is 0 Å². The number of halogens is 2. The lowest BCUT2D eigenvalue weighted by Gasteiger charge is -2.21. The van der Waals surface area contributed by atoms with E-state index < -0.39 is 0 Å². The molecule has 0 spiro atoms. The second kappa shape index (κ2) is 9.81. The van der Waals surface area contributed by atoms with Crippen molar-refractivity contribution >= 4 is 35.2 Å². The van der Waals surface area contributed by atoms with Crippen molar-refractivity contribution in [2.75, 3.05) is 0 Å². The van der Waals surface area contributed by atoms with Crippen LogP contribution < -0.4 is 4.74 Å². The maximum Gasteiger partial charge on any atom is 0.313 e. The van der Waals surface area contributed by atoms with Gasteiger partial charge in [-0.2, -0.15) is 0 Å². The van der Waals surface area contributed by atoms with Gasteiger partial charge in [0.2, 0.25) is 0 Å². The Bertz CT molecular complexity index is 1150. The van der Waals surface area contributed by atoms with Gasteiger partial charge in [0.05, 0.1) is 16.0 Å². The Labute approximate surface area is 198 Å².